The zero-order valence-corrected chi connectivity index (χ0v) is 16.4. The van der Waals surface area contributed by atoms with Crippen LogP contribution in [-0.4, -0.2) is 17.1 Å². The van der Waals surface area contributed by atoms with E-state index < -0.39 is 0 Å². The highest BCUT2D eigenvalue weighted by molar-refractivity contribution is 6.31. The molecule has 2 rings (SSSR count). The van der Waals surface area contributed by atoms with Gasteiger partial charge in [0.05, 0.1) is 6.61 Å². The Morgan fingerprint density at radius 2 is 2.00 bits per heavy atom. The van der Waals surface area contributed by atoms with Gasteiger partial charge >= 0.3 is 0 Å². The maximum atomic E-state index is 12.7. The lowest BCUT2D eigenvalue weighted by atomic mass is 10.1. The van der Waals surface area contributed by atoms with E-state index >= 15 is 0 Å². The number of amides is 1. The molecule has 0 aliphatic carbocycles. The van der Waals surface area contributed by atoms with E-state index in [4.69, 9.17) is 16.3 Å². The molecule has 0 aliphatic rings. The third-order valence-electron chi connectivity index (χ3n) is 4.24. The highest BCUT2D eigenvalue weighted by Gasteiger charge is 2.21. The predicted molar refractivity (Wildman–Crippen MR) is 102 cm³/mol. The van der Waals surface area contributed by atoms with Crippen molar-refractivity contribution < 1.29 is 9.53 Å². The Balaban J connectivity index is 2.14. The number of nitrogens with zero attached hydrogens (tertiary/aromatic N) is 1. The maximum absolute atomic E-state index is 12.7. The summed E-state index contributed by atoms with van der Waals surface area (Å²) >= 11 is 6.34. The summed E-state index contributed by atoms with van der Waals surface area (Å²) in [4.78, 5) is 12.7. The standard InChI is InChI=1S/C20H27ClN2O2/c1-6-16-14(4)18(23(5)19(16)21)20(24)22-11-15-9-7-8-10-17(15)25-12-13(2)3/h7-10,13H,6,11-12H2,1-5H3,(H,22,24). The van der Waals surface area contributed by atoms with Crippen LogP contribution in [-0.2, 0) is 20.0 Å². The van der Waals surface area contributed by atoms with Crippen LogP contribution in [0.1, 0.15) is 48.0 Å². The van der Waals surface area contributed by atoms with E-state index in [1.807, 2.05) is 45.2 Å². The van der Waals surface area contributed by atoms with E-state index in [2.05, 4.69) is 19.2 Å². The average molecular weight is 363 g/mol. The van der Waals surface area contributed by atoms with Gasteiger partial charge in [-0.2, -0.15) is 0 Å². The second kappa shape index (κ2) is 8.43. The fourth-order valence-corrected chi connectivity index (χ4v) is 3.25. The number of benzene rings is 1. The molecule has 0 aliphatic heterocycles. The third-order valence-corrected chi connectivity index (χ3v) is 4.72. The Kier molecular flexibility index (Phi) is 6.54. The summed E-state index contributed by atoms with van der Waals surface area (Å²) in [6, 6.07) is 7.79. The molecule has 0 fully saturated rings. The number of nitrogens with one attached hydrogen (secondary N) is 1. The van der Waals surface area contributed by atoms with Gasteiger partial charge in [0.25, 0.3) is 5.91 Å². The van der Waals surface area contributed by atoms with Crippen LogP contribution in [0.15, 0.2) is 24.3 Å². The van der Waals surface area contributed by atoms with Crippen LogP contribution in [0.25, 0.3) is 0 Å². The molecule has 0 saturated heterocycles. The first-order valence-electron chi connectivity index (χ1n) is 8.69. The highest BCUT2D eigenvalue weighted by Crippen LogP contribution is 2.26. The topological polar surface area (TPSA) is 43.3 Å². The Bertz CT molecular complexity index is 750. The Morgan fingerprint density at radius 3 is 2.60 bits per heavy atom. The van der Waals surface area contributed by atoms with E-state index in [-0.39, 0.29) is 5.91 Å². The van der Waals surface area contributed by atoms with Crippen LogP contribution in [0.3, 0.4) is 0 Å². The van der Waals surface area contributed by atoms with Crippen molar-refractivity contribution in [3.63, 3.8) is 0 Å². The summed E-state index contributed by atoms with van der Waals surface area (Å²) in [6.07, 6.45) is 0.803. The molecular formula is C20H27ClN2O2. The molecule has 2 aromatic rings. The fourth-order valence-electron chi connectivity index (χ4n) is 2.89. The Labute approximate surface area is 155 Å². The van der Waals surface area contributed by atoms with Crippen LogP contribution in [0.2, 0.25) is 5.15 Å². The van der Waals surface area contributed by atoms with Crippen molar-refractivity contribution in [1.82, 2.24) is 9.88 Å². The summed E-state index contributed by atoms with van der Waals surface area (Å²) in [5, 5.41) is 3.62. The van der Waals surface area contributed by atoms with Crippen molar-refractivity contribution in [2.24, 2.45) is 13.0 Å². The lowest BCUT2D eigenvalue weighted by molar-refractivity contribution is 0.0941. The average Bonchev–Trinajstić information content (AvgIpc) is 2.80. The van der Waals surface area contributed by atoms with Gasteiger partial charge in [0.15, 0.2) is 0 Å². The second-order valence-electron chi connectivity index (χ2n) is 6.65. The highest BCUT2D eigenvalue weighted by atomic mass is 35.5. The zero-order valence-electron chi connectivity index (χ0n) is 15.6. The monoisotopic (exact) mass is 362 g/mol. The number of ether oxygens (including phenoxy) is 1. The van der Waals surface area contributed by atoms with Gasteiger partial charge in [-0.1, -0.05) is 50.6 Å². The zero-order chi connectivity index (χ0) is 18.6. The maximum Gasteiger partial charge on any atom is 0.268 e. The van der Waals surface area contributed by atoms with Crippen molar-refractivity contribution >= 4 is 17.5 Å². The third kappa shape index (κ3) is 4.37. The number of hydrogen-bond acceptors (Lipinski definition) is 2. The first kappa shape index (κ1) is 19.4. The molecule has 25 heavy (non-hydrogen) atoms. The summed E-state index contributed by atoms with van der Waals surface area (Å²) in [7, 11) is 1.82. The minimum absolute atomic E-state index is 0.125. The quantitative estimate of drug-likeness (QED) is 0.787. The van der Waals surface area contributed by atoms with Crippen molar-refractivity contribution in [2.75, 3.05) is 6.61 Å². The van der Waals surface area contributed by atoms with Gasteiger partial charge in [-0.25, -0.2) is 0 Å². The van der Waals surface area contributed by atoms with Crippen LogP contribution in [0.4, 0.5) is 0 Å². The molecule has 0 radical (unpaired) electrons. The summed E-state index contributed by atoms with van der Waals surface area (Å²) in [6.45, 7) is 9.26. The van der Waals surface area contributed by atoms with Gasteiger partial charge in [0.1, 0.15) is 16.6 Å². The van der Waals surface area contributed by atoms with Crippen LogP contribution in [0, 0.1) is 12.8 Å². The normalized spacial score (nSPS) is 11.0. The number of aromatic nitrogens is 1. The van der Waals surface area contributed by atoms with Gasteiger partial charge in [0, 0.05) is 19.2 Å². The summed E-state index contributed by atoms with van der Waals surface area (Å²) in [5.41, 5.74) is 3.54. The largest absolute Gasteiger partial charge is 0.493 e. The smallest absolute Gasteiger partial charge is 0.268 e. The van der Waals surface area contributed by atoms with Gasteiger partial charge in [0.2, 0.25) is 0 Å². The van der Waals surface area contributed by atoms with Crippen molar-refractivity contribution in [1.29, 1.82) is 0 Å². The molecule has 1 N–H and O–H groups in total. The summed E-state index contributed by atoms with van der Waals surface area (Å²) < 4.78 is 7.60. The lowest BCUT2D eigenvalue weighted by Gasteiger charge is -2.14. The van der Waals surface area contributed by atoms with Gasteiger partial charge in [-0.3, -0.25) is 4.79 Å². The second-order valence-corrected chi connectivity index (χ2v) is 7.01. The first-order chi connectivity index (χ1) is 11.9. The fraction of sp³-hybridized carbons (Fsp3) is 0.450. The van der Waals surface area contributed by atoms with Gasteiger partial charge in [-0.15, -0.1) is 0 Å². The molecule has 1 heterocycles. The number of carbonyl (C=O) groups is 1. The SMILES string of the molecule is CCc1c(C)c(C(=O)NCc2ccccc2OCC(C)C)n(C)c1Cl. The van der Waals surface area contributed by atoms with E-state index in [1.54, 1.807) is 4.57 Å². The summed E-state index contributed by atoms with van der Waals surface area (Å²) in [5.74, 6) is 1.14. The molecular weight excluding hydrogens is 336 g/mol. The number of carbonyl (C=O) groups excluding carboxylic acids is 1. The number of para-hydroxylation sites is 1. The van der Waals surface area contributed by atoms with E-state index in [1.165, 1.54) is 0 Å². The van der Waals surface area contributed by atoms with E-state index in [9.17, 15) is 4.79 Å². The van der Waals surface area contributed by atoms with Crippen molar-refractivity contribution in [3.05, 3.63) is 51.8 Å². The number of hydrogen-bond donors (Lipinski definition) is 1. The van der Waals surface area contributed by atoms with Crippen LogP contribution < -0.4 is 10.1 Å². The van der Waals surface area contributed by atoms with Crippen LogP contribution >= 0.6 is 11.6 Å². The minimum Gasteiger partial charge on any atom is -0.493 e. The molecule has 5 heteroatoms. The molecule has 1 aromatic heterocycles. The van der Waals surface area contributed by atoms with Gasteiger partial charge < -0.3 is 14.6 Å². The predicted octanol–water partition coefficient (Wildman–Crippen LogP) is 4.51. The Hall–Kier alpha value is -1.94. The number of halogens is 1. The molecule has 136 valence electrons. The molecule has 0 spiro atoms. The Morgan fingerprint density at radius 1 is 1.32 bits per heavy atom. The molecule has 0 atom stereocenters. The van der Waals surface area contributed by atoms with E-state index in [0.29, 0.717) is 29.9 Å². The molecule has 0 saturated carbocycles. The number of rotatable bonds is 7. The first-order valence-corrected chi connectivity index (χ1v) is 9.07. The lowest BCUT2D eigenvalue weighted by Crippen LogP contribution is -2.26. The van der Waals surface area contributed by atoms with Crippen molar-refractivity contribution in [2.45, 2.75) is 40.7 Å². The molecule has 0 bridgehead atoms. The van der Waals surface area contributed by atoms with E-state index in [0.717, 1.165) is 28.9 Å². The molecule has 0 unspecified atom stereocenters. The van der Waals surface area contributed by atoms with Crippen molar-refractivity contribution in [3.8, 4) is 5.75 Å². The van der Waals surface area contributed by atoms with Gasteiger partial charge in [-0.05, 0) is 36.5 Å². The molecule has 1 amide bonds. The molecule has 4 nitrogen and oxygen atoms in total. The minimum atomic E-state index is -0.125. The molecule has 1 aromatic carbocycles. The van der Waals surface area contributed by atoms with Crippen LogP contribution in [0.5, 0.6) is 5.75 Å².